The van der Waals surface area contributed by atoms with Crippen molar-refractivity contribution in [1.29, 1.82) is 0 Å². The summed E-state index contributed by atoms with van der Waals surface area (Å²) >= 11 is 6.63. The van der Waals surface area contributed by atoms with Crippen LogP contribution in [0.3, 0.4) is 0 Å². The highest BCUT2D eigenvalue weighted by atomic mass is 32.2. The topological polar surface area (TPSA) is 75.9 Å². The zero-order chi connectivity index (χ0) is 23.4. The molecule has 172 valence electrons. The maximum absolute atomic E-state index is 13.4. The molecule has 1 amide bonds. The number of pyridine rings is 1. The van der Waals surface area contributed by atoms with Gasteiger partial charge in [-0.25, -0.2) is 4.98 Å². The molecule has 1 N–H and O–H groups in total. The molecule has 1 aliphatic heterocycles. The number of rotatable bonds is 9. The minimum Gasteiger partial charge on any atom is -0.379 e. The third kappa shape index (κ3) is 5.76. The van der Waals surface area contributed by atoms with Crippen LogP contribution in [0.4, 0.5) is 5.82 Å². The van der Waals surface area contributed by atoms with E-state index in [1.807, 2.05) is 46.8 Å². The molecule has 7 nitrogen and oxygen atoms in total. The van der Waals surface area contributed by atoms with Crippen LogP contribution in [0.25, 0.3) is 11.7 Å². The van der Waals surface area contributed by atoms with E-state index in [9.17, 15) is 9.59 Å². The fourth-order valence-electron chi connectivity index (χ4n) is 3.28. The highest BCUT2D eigenvalue weighted by molar-refractivity contribution is 8.26. The van der Waals surface area contributed by atoms with Gasteiger partial charge in [0.1, 0.15) is 15.8 Å². The van der Waals surface area contributed by atoms with Crippen LogP contribution in [0.5, 0.6) is 0 Å². The molecule has 0 spiro atoms. The number of anilines is 1. The Morgan fingerprint density at radius 1 is 1.25 bits per heavy atom. The summed E-state index contributed by atoms with van der Waals surface area (Å²) in [5.74, 6) is 0.578. The second kappa shape index (κ2) is 10.6. The first kappa shape index (κ1) is 24.4. The van der Waals surface area contributed by atoms with Crippen molar-refractivity contribution in [3.05, 3.63) is 44.7 Å². The van der Waals surface area contributed by atoms with Crippen molar-refractivity contribution in [2.45, 2.75) is 47.1 Å². The standard InChI is InChI=1S/C23H30N4O3S2/c1-14(2)12-27-22(29)18(32-23(27)31)11-17-20(24-9-6-10-30-15(3)4)25-19-8-7-16(5)13-26(19)21(17)28/h7-8,11,13-15,24H,6,9-10,12H2,1-5H3/b18-11-. The van der Waals surface area contributed by atoms with Gasteiger partial charge in [-0.1, -0.05) is 43.9 Å². The molecular formula is C23H30N4O3S2. The number of thioether (sulfide) groups is 1. The zero-order valence-corrected chi connectivity index (χ0v) is 20.8. The van der Waals surface area contributed by atoms with Crippen molar-refractivity contribution in [3.63, 3.8) is 0 Å². The minimum atomic E-state index is -0.228. The predicted molar refractivity (Wildman–Crippen MR) is 135 cm³/mol. The molecule has 1 saturated heterocycles. The number of nitrogens with zero attached hydrogens (tertiary/aromatic N) is 3. The number of carbonyl (C=O) groups excluding carboxylic acids is 1. The van der Waals surface area contributed by atoms with Crippen molar-refractivity contribution in [3.8, 4) is 0 Å². The summed E-state index contributed by atoms with van der Waals surface area (Å²) < 4.78 is 7.62. The first-order valence-electron chi connectivity index (χ1n) is 10.8. The molecule has 0 aromatic carbocycles. The number of hydrogen-bond acceptors (Lipinski definition) is 7. The van der Waals surface area contributed by atoms with Crippen LogP contribution in [0.1, 0.15) is 45.2 Å². The molecule has 3 rings (SSSR count). The van der Waals surface area contributed by atoms with Gasteiger partial charge >= 0.3 is 0 Å². The predicted octanol–water partition coefficient (Wildman–Crippen LogP) is 4.09. The SMILES string of the molecule is Cc1ccc2nc(NCCCOC(C)C)c(/C=C3\SC(=S)N(CC(C)C)C3=O)c(=O)n2c1. The lowest BCUT2D eigenvalue weighted by Gasteiger charge is -2.16. The van der Waals surface area contributed by atoms with Crippen LogP contribution < -0.4 is 10.9 Å². The molecule has 0 unspecified atom stereocenters. The number of hydrogen-bond donors (Lipinski definition) is 1. The van der Waals surface area contributed by atoms with Crippen LogP contribution >= 0.6 is 24.0 Å². The first-order chi connectivity index (χ1) is 15.2. The number of nitrogens with one attached hydrogen (secondary N) is 1. The van der Waals surface area contributed by atoms with Crippen molar-refractivity contribution >= 4 is 51.7 Å². The van der Waals surface area contributed by atoms with Gasteiger partial charge in [0.15, 0.2) is 0 Å². The fraction of sp³-hybridized carbons (Fsp3) is 0.478. The van der Waals surface area contributed by atoms with E-state index in [0.717, 1.165) is 12.0 Å². The summed E-state index contributed by atoms with van der Waals surface area (Å²) in [5, 5.41) is 3.26. The number of amides is 1. The Morgan fingerprint density at radius 2 is 2.00 bits per heavy atom. The van der Waals surface area contributed by atoms with Gasteiger partial charge in [0.05, 0.1) is 16.6 Å². The highest BCUT2D eigenvalue weighted by Crippen LogP contribution is 2.33. The monoisotopic (exact) mass is 474 g/mol. The van der Waals surface area contributed by atoms with Gasteiger partial charge in [-0.2, -0.15) is 0 Å². The second-order valence-corrected chi connectivity index (χ2v) is 10.2. The van der Waals surface area contributed by atoms with Gasteiger partial charge in [0, 0.05) is 25.9 Å². The quantitative estimate of drug-likeness (QED) is 0.333. The van der Waals surface area contributed by atoms with Gasteiger partial charge in [-0.15, -0.1) is 0 Å². The van der Waals surface area contributed by atoms with Crippen LogP contribution in [-0.4, -0.2) is 50.3 Å². The summed E-state index contributed by atoms with van der Waals surface area (Å²) in [6.45, 7) is 11.7. The largest absolute Gasteiger partial charge is 0.379 e. The number of carbonyl (C=O) groups is 1. The molecule has 2 aromatic heterocycles. The Hall–Kier alpha value is -2.23. The van der Waals surface area contributed by atoms with E-state index in [0.29, 0.717) is 46.0 Å². The van der Waals surface area contributed by atoms with Crippen LogP contribution in [-0.2, 0) is 9.53 Å². The average molecular weight is 475 g/mol. The molecule has 1 fully saturated rings. The number of aromatic nitrogens is 2. The first-order valence-corrected chi connectivity index (χ1v) is 12.0. The fourth-order valence-corrected chi connectivity index (χ4v) is 4.53. The third-order valence-electron chi connectivity index (χ3n) is 4.77. The normalized spacial score (nSPS) is 15.7. The van der Waals surface area contributed by atoms with Crippen molar-refractivity contribution in [2.24, 2.45) is 5.92 Å². The van der Waals surface area contributed by atoms with E-state index in [4.69, 9.17) is 17.0 Å². The smallest absolute Gasteiger partial charge is 0.267 e. The van der Waals surface area contributed by atoms with Crippen LogP contribution in [0.15, 0.2) is 28.0 Å². The maximum Gasteiger partial charge on any atom is 0.267 e. The van der Waals surface area contributed by atoms with E-state index >= 15 is 0 Å². The Balaban J connectivity index is 1.97. The van der Waals surface area contributed by atoms with Crippen LogP contribution in [0, 0.1) is 12.8 Å². The molecule has 32 heavy (non-hydrogen) atoms. The van der Waals surface area contributed by atoms with Crippen LogP contribution in [0.2, 0.25) is 0 Å². The molecule has 0 atom stereocenters. The van der Waals surface area contributed by atoms with Gasteiger partial charge in [0.2, 0.25) is 0 Å². The molecule has 0 radical (unpaired) electrons. The summed E-state index contributed by atoms with van der Waals surface area (Å²) in [4.78, 5) is 33.0. The summed E-state index contributed by atoms with van der Waals surface area (Å²) in [7, 11) is 0. The molecule has 3 heterocycles. The summed E-state index contributed by atoms with van der Waals surface area (Å²) in [5.41, 5.74) is 1.62. The van der Waals surface area contributed by atoms with E-state index in [1.165, 1.54) is 16.2 Å². The van der Waals surface area contributed by atoms with Gasteiger partial charge < -0.3 is 10.1 Å². The lowest BCUT2D eigenvalue weighted by Crippen LogP contribution is -2.31. The highest BCUT2D eigenvalue weighted by Gasteiger charge is 2.32. The third-order valence-corrected chi connectivity index (χ3v) is 6.14. The molecular weight excluding hydrogens is 444 g/mol. The zero-order valence-electron chi connectivity index (χ0n) is 19.2. The van der Waals surface area contributed by atoms with Crippen molar-refractivity contribution in [2.75, 3.05) is 25.0 Å². The van der Waals surface area contributed by atoms with E-state index in [-0.39, 0.29) is 23.5 Å². The Morgan fingerprint density at radius 3 is 2.69 bits per heavy atom. The lowest BCUT2D eigenvalue weighted by atomic mass is 10.2. The van der Waals surface area contributed by atoms with E-state index in [2.05, 4.69) is 10.3 Å². The van der Waals surface area contributed by atoms with Gasteiger partial charge in [-0.05, 0) is 50.8 Å². The van der Waals surface area contributed by atoms with E-state index in [1.54, 1.807) is 17.2 Å². The Labute approximate surface area is 198 Å². The lowest BCUT2D eigenvalue weighted by molar-refractivity contribution is -0.122. The molecule has 2 aromatic rings. The molecule has 0 bridgehead atoms. The Kier molecular flexibility index (Phi) is 8.08. The molecule has 9 heteroatoms. The molecule has 1 aliphatic rings. The van der Waals surface area contributed by atoms with E-state index < -0.39 is 0 Å². The summed E-state index contributed by atoms with van der Waals surface area (Å²) in [6, 6.07) is 3.73. The Bertz CT molecular complexity index is 1110. The maximum atomic E-state index is 13.4. The second-order valence-electron chi connectivity index (χ2n) is 8.50. The van der Waals surface area contributed by atoms with Gasteiger partial charge in [-0.3, -0.25) is 18.9 Å². The molecule has 0 saturated carbocycles. The van der Waals surface area contributed by atoms with Crippen molar-refractivity contribution in [1.82, 2.24) is 14.3 Å². The van der Waals surface area contributed by atoms with Gasteiger partial charge in [0.25, 0.3) is 11.5 Å². The molecule has 0 aliphatic carbocycles. The number of thiocarbonyl (C=S) groups is 1. The average Bonchev–Trinajstić information content (AvgIpc) is 2.97. The number of aryl methyl sites for hydroxylation is 1. The number of ether oxygens (including phenoxy) is 1. The summed E-state index contributed by atoms with van der Waals surface area (Å²) in [6.07, 6.45) is 4.32. The minimum absolute atomic E-state index is 0.168. The van der Waals surface area contributed by atoms with Crippen molar-refractivity contribution < 1.29 is 9.53 Å². The number of fused-ring (bicyclic) bond motifs is 1.